The molecule has 0 atom stereocenters. The molecular formula is C13H15BrO2. The average Bonchev–Trinajstić information content (AvgIpc) is 2.23. The Morgan fingerprint density at radius 1 is 1.38 bits per heavy atom. The second-order valence-corrected chi connectivity index (χ2v) is 5.69. The number of benzene rings is 1. The standard InChI is InChI=1S/C13H15BrO2/c1-13(2)5-4-11(15)8-6-10(14)12(16-3)7-9(8)13/h6-7H,4-5H2,1-3H3. The first-order valence-electron chi connectivity index (χ1n) is 5.37. The molecule has 0 radical (unpaired) electrons. The van der Waals surface area contributed by atoms with Gasteiger partial charge in [-0.1, -0.05) is 13.8 Å². The summed E-state index contributed by atoms with van der Waals surface area (Å²) < 4.78 is 6.13. The predicted molar refractivity (Wildman–Crippen MR) is 67.3 cm³/mol. The molecule has 1 aliphatic rings. The van der Waals surface area contributed by atoms with Crippen molar-refractivity contribution in [2.45, 2.75) is 32.1 Å². The number of rotatable bonds is 1. The summed E-state index contributed by atoms with van der Waals surface area (Å²) in [5.74, 6) is 1.03. The summed E-state index contributed by atoms with van der Waals surface area (Å²) in [6.45, 7) is 4.34. The second-order valence-electron chi connectivity index (χ2n) is 4.84. The Labute approximate surface area is 104 Å². The molecule has 16 heavy (non-hydrogen) atoms. The molecule has 0 spiro atoms. The van der Waals surface area contributed by atoms with Crippen LogP contribution in [0.1, 0.15) is 42.6 Å². The van der Waals surface area contributed by atoms with Crippen LogP contribution in [0.3, 0.4) is 0 Å². The molecule has 2 rings (SSSR count). The van der Waals surface area contributed by atoms with Crippen molar-refractivity contribution >= 4 is 21.7 Å². The van der Waals surface area contributed by atoms with Gasteiger partial charge in [0.1, 0.15) is 5.75 Å². The number of ether oxygens (including phenoxy) is 1. The Morgan fingerprint density at radius 2 is 2.06 bits per heavy atom. The first-order chi connectivity index (χ1) is 7.45. The van der Waals surface area contributed by atoms with Gasteiger partial charge in [0.25, 0.3) is 0 Å². The molecule has 0 fully saturated rings. The fourth-order valence-corrected chi connectivity index (χ4v) is 2.70. The van der Waals surface area contributed by atoms with Gasteiger partial charge in [-0.25, -0.2) is 0 Å². The maximum absolute atomic E-state index is 11.9. The number of ketones is 1. The topological polar surface area (TPSA) is 26.3 Å². The molecule has 1 aliphatic carbocycles. The molecule has 0 bridgehead atoms. The number of methoxy groups -OCH3 is 1. The molecule has 0 saturated carbocycles. The van der Waals surface area contributed by atoms with Gasteiger partial charge < -0.3 is 4.74 Å². The highest BCUT2D eigenvalue weighted by Crippen LogP contribution is 2.41. The zero-order valence-electron chi connectivity index (χ0n) is 9.76. The molecular weight excluding hydrogens is 268 g/mol. The molecule has 2 nitrogen and oxygen atoms in total. The molecule has 1 aromatic rings. The summed E-state index contributed by atoms with van der Waals surface area (Å²) >= 11 is 3.42. The molecule has 0 N–H and O–H groups in total. The Morgan fingerprint density at radius 3 is 2.69 bits per heavy atom. The van der Waals surface area contributed by atoms with Crippen molar-refractivity contribution in [1.82, 2.24) is 0 Å². The highest BCUT2D eigenvalue weighted by molar-refractivity contribution is 9.10. The highest BCUT2D eigenvalue weighted by Gasteiger charge is 2.32. The maximum Gasteiger partial charge on any atom is 0.163 e. The van der Waals surface area contributed by atoms with Crippen LogP contribution in [0.15, 0.2) is 16.6 Å². The normalized spacial score (nSPS) is 18.1. The van der Waals surface area contributed by atoms with E-state index in [4.69, 9.17) is 4.74 Å². The van der Waals surface area contributed by atoms with Crippen molar-refractivity contribution in [2.75, 3.05) is 7.11 Å². The Bertz CT molecular complexity index is 449. The van der Waals surface area contributed by atoms with Crippen LogP contribution in [-0.4, -0.2) is 12.9 Å². The van der Waals surface area contributed by atoms with Crippen molar-refractivity contribution in [3.05, 3.63) is 27.7 Å². The lowest BCUT2D eigenvalue weighted by Crippen LogP contribution is -2.27. The lowest BCUT2D eigenvalue weighted by atomic mass is 9.72. The third kappa shape index (κ3) is 1.77. The molecule has 3 heteroatoms. The fraction of sp³-hybridized carbons (Fsp3) is 0.462. The Hall–Kier alpha value is -0.830. The molecule has 0 saturated heterocycles. The van der Waals surface area contributed by atoms with E-state index in [1.165, 1.54) is 0 Å². The minimum atomic E-state index is 0.0528. The van der Waals surface area contributed by atoms with Gasteiger partial charge >= 0.3 is 0 Å². The summed E-state index contributed by atoms with van der Waals surface area (Å²) in [4.78, 5) is 11.9. The second kappa shape index (κ2) is 3.88. The van der Waals surface area contributed by atoms with Gasteiger partial charge in [0, 0.05) is 12.0 Å². The number of carbonyl (C=O) groups excluding carboxylic acids is 1. The van der Waals surface area contributed by atoms with Gasteiger partial charge in [-0.2, -0.15) is 0 Å². The minimum Gasteiger partial charge on any atom is -0.496 e. The van der Waals surface area contributed by atoms with Gasteiger partial charge in [-0.05, 0) is 45.5 Å². The maximum atomic E-state index is 11.9. The summed E-state index contributed by atoms with van der Waals surface area (Å²) in [6.07, 6.45) is 1.54. The molecule has 0 amide bonds. The monoisotopic (exact) mass is 282 g/mol. The Balaban J connectivity index is 2.66. The van der Waals surface area contributed by atoms with E-state index in [9.17, 15) is 4.79 Å². The Kier molecular flexibility index (Phi) is 2.82. The number of fused-ring (bicyclic) bond motifs is 1. The van der Waals surface area contributed by atoms with Crippen LogP contribution < -0.4 is 4.74 Å². The van der Waals surface area contributed by atoms with E-state index in [0.29, 0.717) is 6.42 Å². The van der Waals surface area contributed by atoms with Gasteiger partial charge in [-0.3, -0.25) is 4.79 Å². The van der Waals surface area contributed by atoms with E-state index in [1.54, 1.807) is 7.11 Å². The largest absolute Gasteiger partial charge is 0.496 e. The lowest BCUT2D eigenvalue weighted by molar-refractivity contribution is 0.0956. The fourth-order valence-electron chi connectivity index (χ4n) is 2.20. The van der Waals surface area contributed by atoms with Crippen LogP contribution in [0.2, 0.25) is 0 Å². The van der Waals surface area contributed by atoms with Gasteiger partial charge in [0.05, 0.1) is 11.6 Å². The van der Waals surface area contributed by atoms with E-state index in [1.807, 2.05) is 12.1 Å². The van der Waals surface area contributed by atoms with E-state index in [2.05, 4.69) is 29.8 Å². The molecule has 1 aromatic carbocycles. The van der Waals surface area contributed by atoms with Crippen molar-refractivity contribution in [3.63, 3.8) is 0 Å². The van der Waals surface area contributed by atoms with Crippen molar-refractivity contribution < 1.29 is 9.53 Å². The quantitative estimate of drug-likeness (QED) is 0.785. The molecule has 0 heterocycles. The third-order valence-electron chi connectivity index (χ3n) is 3.30. The molecule has 0 aliphatic heterocycles. The number of carbonyl (C=O) groups is 1. The van der Waals surface area contributed by atoms with E-state index >= 15 is 0 Å². The smallest absolute Gasteiger partial charge is 0.163 e. The summed E-state index contributed by atoms with van der Waals surface area (Å²) in [5, 5.41) is 0. The van der Waals surface area contributed by atoms with Crippen LogP contribution in [0.25, 0.3) is 0 Å². The van der Waals surface area contributed by atoms with Crippen LogP contribution in [0, 0.1) is 0 Å². The van der Waals surface area contributed by atoms with E-state index in [0.717, 1.165) is 27.8 Å². The molecule has 0 aromatic heterocycles. The number of hydrogen-bond donors (Lipinski definition) is 0. The van der Waals surface area contributed by atoms with Crippen LogP contribution in [0.4, 0.5) is 0 Å². The van der Waals surface area contributed by atoms with Gasteiger partial charge in [0.2, 0.25) is 0 Å². The zero-order chi connectivity index (χ0) is 11.9. The van der Waals surface area contributed by atoms with Crippen LogP contribution in [0.5, 0.6) is 5.75 Å². The highest BCUT2D eigenvalue weighted by atomic mass is 79.9. The first-order valence-corrected chi connectivity index (χ1v) is 6.16. The minimum absolute atomic E-state index is 0.0528. The zero-order valence-corrected chi connectivity index (χ0v) is 11.3. The third-order valence-corrected chi connectivity index (χ3v) is 3.92. The SMILES string of the molecule is COc1cc2c(cc1Br)C(=O)CCC2(C)C. The van der Waals surface area contributed by atoms with Crippen molar-refractivity contribution in [3.8, 4) is 5.75 Å². The van der Waals surface area contributed by atoms with Crippen molar-refractivity contribution in [2.24, 2.45) is 0 Å². The van der Waals surface area contributed by atoms with Gasteiger partial charge in [-0.15, -0.1) is 0 Å². The first kappa shape index (κ1) is 11.6. The average molecular weight is 283 g/mol. The summed E-state index contributed by atoms with van der Waals surface area (Å²) in [6, 6.07) is 3.87. The number of halogens is 1. The van der Waals surface area contributed by atoms with Crippen LogP contribution in [-0.2, 0) is 5.41 Å². The molecule has 0 unspecified atom stereocenters. The van der Waals surface area contributed by atoms with Crippen LogP contribution >= 0.6 is 15.9 Å². The predicted octanol–water partition coefficient (Wildman–Crippen LogP) is 3.71. The van der Waals surface area contributed by atoms with Gasteiger partial charge in [0.15, 0.2) is 5.78 Å². The number of Topliss-reactive ketones (excluding diaryl/α,β-unsaturated/α-hetero) is 1. The van der Waals surface area contributed by atoms with E-state index in [-0.39, 0.29) is 11.2 Å². The number of hydrogen-bond acceptors (Lipinski definition) is 2. The van der Waals surface area contributed by atoms with E-state index < -0.39 is 0 Å². The lowest BCUT2D eigenvalue weighted by Gasteiger charge is -2.32. The summed E-state index contributed by atoms with van der Waals surface area (Å²) in [7, 11) is 1.64. The molecule has 86 valence electrons. The van der Waals surface area contributed by atoms with Crippen molar-refractivity contribution in [1.29, 1.82) is 0 Å². The summed E-state index contributed by atoms with van der Waals surface area (Å²) in [5.41, 5.74) is 1.99.